The number of anilines is 1. The van der Waals surface area contributed by atoms with Gasteiger partial charge in [-0.3, -0.25) is 0 Å². The van der Waals surface area contributed by atoms with Gasteiger partial charge in [-0.05, 0) is 18.3 Å². The van der Waals surface area contributed by atoms with Gasteiger partial charge in [-0.15, -0.1) is 5.10 Å². The Labute approximate surface area is 84.1 Å². The molecule has 2 rings (SSSR count). The Balaban J connectivity index is 1.82. The van der Waals surface area contributed by atoms with Gasteiger partial charge in [0.05, 0.1) is 0 Å². The van der Waals surface area contributed by atoms with Crippen molar-refractivity contribution in [1.82, 2.24) is 10.2 Å². The Morgan fingerprint density at radius 1 is 1.43 bits per heavy atom. The van der Waals surface area contributed by atoms with Gasteiger partial charge < -0.3 is 9.73 Å². The molecule has 14 heavy (non-hydrogen) atoms. The van der Waals surface area contributed by atoms with E-state index < -0.39 is 0 Å². The molecule has 0 aromatic carbocycles. The van der Waals surface area contributed by atoms with Crippen LogP contribution in [0.3, 0.4) is 0 Å². The summed E-state index contributed by atoms with van der Waals surface area (Å²) in [6.45, 7) is 5.08. The molecule has 2 unspecified atom stereocenters. The van der Waals surface area contributed by atoms with Gasteiger partial charge in [-0.2, -0.15) is 0 Å². The van der Waals surface area contributed by atoms with E-state index in [2.05, 4.69) is 22.4 Å². The Morgan fingerprint density at radius 2 is 2.29 bits per heavy atom. The first kappa shape index (κ1) is 9.49. The fraction of sp³-hybridized carbons (Fsp3) is 0.800. The Hall–Kier alpha value is -1.06. The predicted molar refractivity (Wildman–Crippen MR) is 54.0 cm³/mol. The van der Waals surface area contributed by atoms with Crippen molar-refractivity contribution in [3.63, 3.8) is 0 Å². The summed E-state index contributed by atoms with van der Waals surface area (Å²) >= 11 is 0. The van der Waals surface area contributed by atoms with Crippen LogP contribution in [0.25, 0.3) is 0 Å². The zero-order valence-corrected chi connectivity index (χ0v) is 8.79. The Kier molecular flexibility index (Phi) is 2.70. The van der Waals surface area contributed by atoms with E-state index in [1.165, 1.54) is 19.3 Å². The number of aromatic nitrogens is 2. The summed E-state index contributed by atoms with van der Waals surface area (Å²) in [5.74, 6) is 2.21. The van der Waals surface area contributed by atoms with Gasteiger partial charge in [-0.25, -0.2) is 0 Å². The molecule has 78 valence electrons. The molecule has 4 nitrogen and oxygen atoms in total. The summed E-state index contributed by atoms with van der Waals surface area (Å²) in [5.41, 5.74) is 0. The largest absolute Gasteiger partial charge is 0.408 e. The summed E-state index contributed by atoms with van der Waals surface area (Å²) in [7, 11) is 0. The van der Waals surface area contributed by atoms with Crippen LogP contribution in [-0.2, 0) is 0 Å². The van der Waals surface area contributed by atoms with E-state index in [9.17, 15) is 0 Å². The maximum Gasteiger partial charge on any atom is 0.315 e. The van der Waals surface area contributed by atoms with E-state index in [-0.39, 0.29) is 0 Å². The van der Waals surface area contributed by atoms with Crippen molar-refractivity contribution in [3.8, 4) is 0 Å². The van der Waals surface area contributed by atoms with Gasteiger partial charge in [0.1, 0.15) is 0 Å². The lowest BCUT2D eigenvalue weighted by atomic mass is 9.98. The lowest BCUT2D eigenvalue weighted by Gasteiger charge is -2.14. The molecular formula is C10H17N3O. The van der Waals surface area contributed by atoms with Crippen LogP contribution in [0.1, 0.15) is 32.1 Å². The van der Waals surface area contributed by atoms with Crippen LogP contribution >= 0.6 is 0 Å². The standard InChI is InChI=1S/C10H17N3O/c1-7-4-3-5-9(7)6-11-10-13-12-8(2)14-10/h7,9H,3-6H2,1-2H3,(H,11,13). The van der Waals surface area contributed by atoms with Crippen LogP contribution in [0.2, 0.25) is 0 Å². The number of hydrogen-bond acceptors (Lipinski definition) is 4. The highest BCUT2D eigenvalue weighted by molar-refractivity contribution is 5.16. The summed E-state index contributed by atoms with van der Waals surface area (Å²) < 4.78 is 5.25. The highest BCUT2D eigenvalue weighted by Gasteiger charge is 2.23. The second-order valence-electron chi connectivity index (χ2n) is 4.18. The number of nitrogens with one attached hydrogen (secondary N) is 1. The molecule has 1 aliphatic carbocycles. The quantitative estimate of drug-likeness (QED) is 0.803. The third-order valence-corrected chi connectivity index (χ3v) is 3.08. The Morgan fingerprint density at radius 3 is 2.86 bits per heavy atom. The molecule has 0 aliphatic heterocycles. The van der Waals surface area contributed by atoms with Crippen LogP contribution in [0, 0.1) is 18.8 Å². The van der Waals surface area contributed by atoms with Crippen LogP contribution in [-0.4, -0.2) is 16.7 Å². The fourth-order valence-electron chi connectivity index (χ4n) is 2.11. The summed E-state index contributed by atoms with van der Waals surface area (Å²) in [5, 5.41) is 10.9. The zero-order valence-electron chi connectivity index (χ0n) is 8.79. The number of aryl methyl sites for hydroxylation is 1. The average molecular weight is 195 g/mol. The van der Waals surface area contributed by atoms with Gasteiger partial charge in [0.2, 0.25) is 5.89 Å². The minimum absolute atomic E-state index is 0.557. The molecule has 0 radical (unpaired) electrons. The number of hydrogen-bond donors (Lipinski definition) is 1. The molecule has 1 aromatic rings. The molecule has 0 spiro atoms. The van der Waals surface area contributed by atoms with E-state index in [4.69, 9.17) is 4.42 Å². The van der Waals surface area contributed by atoms with Crippen molar-refractivity contribution in [3.05, 3.63) is 5.89 Å². The van der Waals surface area contributed by atoms with Gasteiger partial charge >= 0.3 is 6.01 Å². The van der Waals surface area contributed by atoms with E-state index in [1.807, 2.05) is 0 Å². The van der Waals surface area contributed by atoms with E-state index in [1.54, 1.807) is 6.92 Å². The van der Waals surface area contributed by atoms with Crippen LogP contribution < -0.4 is 5.32 Å². The topological polar surface area (TPSA) is 51.0 Å². The summed E-state index contributed by atoms with van der Waals surface area (Å²) in [6.07, 6.45) is 4.03. The fourth-order valence-corrected chi connectivity index (χ4v) is 2.11. The molecule has 0 bridgehead atoms. The second kappa shape index (κ2) is 3.98. The maximum atomic E-state index is 5.25. The number of rotatable bonds is 3. The van der Waals surface area contributed by atoms with E-state index in [0.717, 1.165) is 18.4 Å². The monoisotopic (exact) mass is 195 g/mol. The van der Waals surface area contributed by atoms with Crippen LogP contribution in [0.15, 0.2) is 4.42 Å². The second-order valence-corrected chi connectivity index (χ2v) is 4.18. The third-order valence-electron chi connectivity index (χ3n) is 3.08. The van der Waals surface area contributed by atoms with Gasteiger partial charge in [0, 0.05) is 13.5 Å². The molecule has 0 amide bonds. The van der Waals surface area contributed by atoms with Crippen LogP contribution in [0.4, 0.5) is 6.01 Å². The first-order valence-corrected chi connectivity index (χ1v) is 5.29. The van der Waals surface area contributed by atoms with E-state index in [0.29, 0.717) is 11.9 Å². The molecule has 2 atom stereocenters. The lowest BCUT2D eigenvalue weighted by molar-refractivity contribution is 0.432. The minimum atomic E-state index is 0.557. The molecular weight excluding hydrogens is 178 g/mol. The summed E-state index contributed by atoms with van der Waals surface area (Å²) in [6, 6.07) is 0.557. The lowest BCUT2D eigenvalue weighted by Crippen LogP contribution is -2.16. The molecule has 0 saturated heterocycles. The first-order chi connectivity index (χ1) is 6.75. The zero-order chi connectivity index (χ0) is 9.97. The molecule has 1 saturated carbocycles. The van der Waals surface area contributed by atoms with E-state index >= 15 is 0 Å². The maximum absolute atomic E-state index is 5.25. The van der Waals surface area contributed by atoms with Crippen molar-refractivity contribution in [1.29, 1.82) is 0 Å². The van der Waals surface area contributed by atoms with Crippen molar-refractivity contribution in [2.75, 3.05) is 11.9 Å². The van der Waals surface area contributed by atoms with Gasteiger partial charge in [-0.1, -0.05) is 24.9 Å². The number of nitrogens with zero attached hydrogens (tertiary/aromatic N) is 2. The van der Waals surface area contributed by atoms with Crippen molar-refractivity contribution < 1.29 is 4.42 Å². The molecule has 1 heterocycles. The highest BCUT2D eigenvalue weighted by Crippen LogP contribution is 2.30. The SMILES string of the molecule is Cc1nnc(NCC2CCCC2C)o1. The molecule has 1 aliphatic rings. The minimum Gasteiger partial charge on any atom is -0.408 e. The molecule has 4 heteroatoms. The van der Waals surface area contributed by atoms with Crippen molar-refractivity contribution in [2.24, 2.45) is 11.8 Å². The third kappa shape index (κ3) is 2.05. The first-order valence-electron chi connectivity index (χ1n) is 5.29. The smallest absolute Gasteiger partial charge is 0.315 e. The summed E-state index contributed by atoms with van der Waals surface area (Å²) in [4.78, 5) is 0. The van der Waals surface area contributed by atoms with Crippen molar-refractivity contribution >= 4 is 6.01 Å². The van der Waals surface area contributed by atoms with Gasteiger partial charge in [0.15, 0.2) is 0 Å². The predicted octanol–water partition coefficient (Wildman–Crippen LogP) is 2.23. The van der Waals surface area contributed by atoms with Gasteiger partial charge in [0.25, 0.3) is 0 Å². The molecule has 1 N–H and O–H groups in total. The van der Waals surface area contributed by atoms with Crippen molar-refractivity contribution in [2.45, 2.75) is 33.1 Å². The highest BCUT2D eigenvalue weighted by atomic mass is 16.4. The average Bonchev–Trinajstić information content (AvgIpc) is 2.72. The Bertz CT molecular complexity index is 297. The normalized spacial score (nSPS) is 26.7. The van der Waals surface area contributed by atoms with Crippen LogP contribution in [0.5, 0.6) is 0 Å². The molecule has 1 aromatic heterocycles. The molecule has 1 fully saturated rings.